The van der Waals surface area contributed by atoms with Gasteiger partial charge < -0.3 is 19.9 Å². The van der Waals surface area contributed by atoms with Gasteiger partial charge in [0.15, 0.2) is 5.82 Å². The first-order valence-electron chi connectivity index (χ1n) is 5.21. The Bertz CT molecular complexity index is 546. The minimum atomic E-state index is 0.227. The van der Waals surface area contributed by atoms with Crippen LogP contribution in [0.4, 0.5) is 5.82 Å². The molecule has 0 unspecified atom stereocenters. The second kappa shape index (κ2) is 5.22. The van der Waals surface area contributed by atoms with Crippen molar-refractivity contribution in [3.63, 3.8) is 0 Å². The van der Waals surface area contributed by atoms with E-state index >= 15 is 0 Å². The Hall–Kier alpha value is -2.50. The van der Waals surface area contributed by atoms with Gasteiger partial charge in [-0.1, -0.05) is 6.07 Å². The van der Waals surface area contributed by atoms with Crippen molar-refractivity contribution in [2.45, 2.75) is 0 Å². The topological polar surface area (TPSA) is 79.5 Å². The summed E-state index contributed by atoms with van der Waals surface area (Å²) >= 11 is 0. The third kappa shape index (κ3) is 2.42. The maximum Gasteiger partial charge on any atom is 0.268 e. The van der Waals surface area contributed by atoms with Crippen molar-refractivity contribution >= 4 is 5.82 Å². The first-order valence-corrected chi connectivity index (χ1v) is 5.21. The number of nitrogens with zero attached hydrogens (tertiary/aromatic N) is 2. The Morgan fingerprint density at radius 2 is 1.83 bits per heavy atom. The number of benzene rings is 1. The smallest absolute Gasteiger partial charge is 0.268 e. The molecule has 2 aromatic rings. The van der Waals surface area contributed by atoms with Gasteiger partial charge >= 0.3 is 0 Å². The van der Waals surface area contributed by atoms with E-state index in [1.165, 1.54) is 13.4 Å². The maximum atomic E-state index is 5.66. The molecule has 0 spiro atoms. The second-order valence-corrected chi connectivity index (χ2v) is 3.38. The number of hydrogen-bond acceptors (Lipinski definition) is 6. The maximum absolute atomic E-state index is 5.66. The average Bonchev–Trinajstić information content (AvgIpc) is 2.39. The molecule has 2 N–H and O–H groups in total. The number of hydrogen-bond donors (Lipinski definition) is 1. The molecular formula is C12H13N3O3. The lowest BCUT2D eigenvalue weighted by Crippen LogP contribution is -2.00. The Labute approximate surface area is 104 Å². The molecule has 0 aliphatic carbocycles. The van der Waals surface area contributed by atoms with Gasteiger partial charge in [-0.15, -0.1) is 0 Å². The molecule has 0 atom stereocenters. The van der Waals surface area contributed by atoms with Crippen molar-refractivity contribution in [1.82, 2.24) is 9.97 Å². The fourth-order valence-corrected chi connectivity index (χ4v) is 1.41. The van der Waals surface area contributed by atoms with E-state index in [0.29, 0.717) is 17.2 Å². The largest absolute Gasteiger partial charge is 0.497 e. The molecule has 1 aromatic carbocycles. The van der Waals surface area contributed by atoms with Crippen LogP contribution in [0.1, 0.15) is 0 Å². The van der Waals surface area contributed by atoms with Crippen molar-refractivity contribution in [2.75, 3.05) is 20.0 Å². The highest BCUT2D eigenvalue weighted by molar-refractivity contribution is 5.52. The van der Waals surface area contributed by atoms with Gasteiger partial charge in [-0.05, 0) is 12.1 Å². The molecule has 2 rings (SSSR count). The standard InChI is InChI=1S/C12H13N3O3/c1-16-8-4-3-5-9(6-8)18-12-10(17-2)11(13)14-7-15-12/h3-7H,1-2H3,(H2,13,14,15). The fourth-order valence-electron chi connectivity index (χ4n) is 1.41. The second-order valence-electron chi connectivity index (χ2n) is 3.38. The predicted octanol–water partition coefficient (Wildman–Crippen LogP) is 1.87. The molecule has 6 nitrogen and oxygen atoms in total. The molecule has 0 radical (unpaired) electrons. The molecule has 0 amide bonds. The van der Waals surface area contributed by atoms with E-state index in [-0.39, 0.29) is 11.7 Å². The van der Waals surface area contributed by atoms with Gasteiger partial charge in [0.2, 0.25) is 5.75 Å². The van der Waals surface area contributed by atoms with Crippen LogP contribution in [0.3, 0.4) is 0 Å². The van der Waals surface area contributed by atoms with Crippen molar-refractivity contribution in [2.24, 2.45) is 0 Å². The van der Waals surface area contributed by atoms with Gasteiger partial charge in [-0.3, -0.25) is 0 Å². The zero-order valence-electron chi connectivity index (χ0n) is 10.1. The van der Waals surface area contributed by atoms with Crippen molar-refractivity contribution in [3.05, 3.63) is 30.6 Å². The minimum absolute atomic E-state index is 0.227. The van der Waals surface area contributed by atoms with Crippen LogP contribution in [0.5, 0.6) is 23.1 Å². The van der Waals surface area contributed by atoms with Gasteiger partial charge in [-0.25, -0.2) is 4.98 Å². The van der Waals surface area contributed by atoms with E-state index in [1.807, 2.05) is 12.1 Å². The summed E-state index contributed by atoms with van der Waals surface area (Å²) in [7, 11) is 3.07. The molecule has 0 saturated heterocycles. The highest BCUT2D eigenvalue weighted by Gasteiger charge is 2.12. The number of methoxy groups -OCH3 is 2. The lowest BCUT2D eigenvalue weighted by molar-refractivity contribution is 0.367. The normalized spacial score (nSPS) is 9.89. The molecule has 0 bridgehead atoms. The van der Waals surface area contributed by atoms with Crippen LogP contribution in [0.15, 0.2) is 30.6 Å². The van der Waals surface area contributed by atoms with Crippen LogP contribution in [0.2, 0.25) is 0 Å². The quantitative estimate of drug-likeness (QED) is 0.888. The number of aromatic nitrogens is 2. The summed E-state index contributed by atoms with van der Waals surface area (Å²) < 4.78 is 15.8. The third-order valence-corrected chi connectivity index (χ3v) is 2.26. The van der Waals surface area contributed by atoms with E-state index in [1.54, 1.807) is 19.2 Å². The highest BCUT2D eigenvalue weighted by atomic mass is 16.5. The Morgan fingerprint density at radius 3 is 2.56 bits per heavy atom. The summed E-state index contributed by atoms with van der Waals surface area (Å²) in [6.45, 7) is 0. The summed E-state index contributed by atoms with van der Waals surface area (Å²) in [6, 6.07) is 7.14. The summed E-state index contributed by atoms with van der Waals surface area (Å²) in [5, 5.41) is 0. The van der Waals surface area contributed by atoms with Crippen molar-refractivity contribution in [1.29, 1.82) is 0 Å². The lowest BCUT2D eigenvalue weighted by atomic mass is 10.3. The molecule has 1 aromatic heterocycles. The number of anilines is 1. The molecule has 6 heteroatoms. The summed E-state index contributed by atoms with van der Waals surface area (Å²) in [5.41, 5.74) is 5.66. The summed E-state index contributed by atoms with van der Waals surface area (Å²) in [5.74, 6) is 2.06. The molecule has 0 aliphatic rings. The fraction of sp³-hybridized carbons (Fsp3) is 0.167. The molecule has 18 heavy (non-hydrogen) atoms. The van der Waals surface area contributed by atoms with E-state index in [2.05, 4.69) is 9.97 Å². The van der Waals surface area contributed by atoms with E-state index in [9.17, 15) is 0 Å². The Balaban J connectivity index is 2.30. The Morgan fingerprint density at radius 1 is 1.06 bits per heavy atom. The Kier molecular flexibility index (Phi) is 3.47. The summed E-state index contributed by atoms with van der Waals surface area (Å²) in [4.78, 5) is 7.80. The molecule has 0 fully saturated rings. The van der Waals surface area contributed by atoms with Gasteiger partial charge in [0, 0.05) is 6.07 Å². The lowest BCUT2D eigenvalue weighted by Gasteiger charge is -2.10. The molecule has 0 aliphatic heterocycles. The molecule has 0 saturated carbocycles. The highest BCUT2D eigenvalue weighted by Crippen LogP contribution is 2.33. The number of nitrogen functional groups attached to an aromatic ring is 1. The number of nitrogens with two attached hydrogens (primary N) is 1. The van der Waals surface area contributed by atoms with Crippen molar-refractivity contribution < 1.29 is 14.2 Å². The van der Waals surface area contributed by atoms with E-state index in [4.69, 9.17) is 19.9 Å². The van der Waals surface area contributed by atoms with Crippen LogP contribution in [-0.2, 0) is 0 Å². The molecular weight excluding hydrogens is 234 g/mol. The van der Waals surface area contributed by atoms with Crippen LogP contribution in [-0.4, -0.2) is 24.2 Å². The number of rotatable bonds is 4. The van der Waals surface area contributed by atoms with Crippen molar-refractivity contribution in [3.8, 4) is 23.1 Å². The monoisotopic (exact) mass is 247 g/mol. The molecule has 94 valence electrons. The predicted molar refractivity (Wildman–Crippen MR) is 66.1 cm³/mol. The van der Waals surface area contributed by atoms with E-state index < -0.39 is 0 Å². The van der Waals surface area contributed by atoms with Crippen LogP contribution in [0.25, 0.3) is 0 Å². The van der Waals surface area contributed by atoms with Gasteiger partial charge in [0.25, 0.3) is 5.88 Å². The van der Waals surface area contributed by atoms with E-state index in [0.717, 1.165) is 0 Å². The van der Waals surface area contributed by atoms with Gasteiger partial charge in [0.05, 0.1) is 14.2 Å². The summed E-state index contributed by atoms with van der Waals surface area (Å²) in [6.07, 6.45) is 1.31. The van der Waals surface area contributed by atoms with Gasteiger partial charge in [0.1, 0.15) is 17.8 Å². The minimum Gasteiger partial charge on any atom is -0.497 e. The van der Waals surface area contributed by atoms with Crippen LogP contribution >= 0.6 is 0 Å². The van der Waals surface area contributed by atoms with Crippen LogP contribution in [0, 0.1) is 0 Å². The average molecular weight is 247 g/mol. The zero-order chi connectivity index (χ0) is 13.0. The van der Waals surface area contributed by atoms with Crippen LogP contribution < -0.4 is 19.9 Å². The first kappa shape index (κ1) is 12.0. The van der Waals surface area contributed by atoms with Gasteiger partial charge in [-0.2, -0.15) is 4.98 Å². The molecule has 1 heterocycles. The SMILES string of the molecule is COc1cccc(Oc2ncnc(N)c2OC)c1. The first-order chi connectivity index (χ1) is 8.74. The third-order valence-electron chi connectivity index (χ3n) is 2.26. The zero-order valence-corrected chi connectivity index (χ0v) is 10.1. The number of ether oxygens (including phenoxy) is 3.